The molecule has 2 aliphatic rings. The number of carbonyl (C=O) groups excluding carboxylic acids is 11. The van der Waals surface area contributed by atoms with Crippen molar-refractivity contribution in [3.8, 4) is 12.3 Å². The summed E-state index contributed by atoms with van der Waals surface area (Å²) >= 11 is 9.70. The van der Waals surface area contributed by atoms with Crippen molar-refractivity contribution in [1.29, 1.82) is 0 Å². The number of esters is 6. The molecule has 3 N–H and O–H groups in total. The number of H-pyrrole nitrogens is 1. The van der Waals surface area contributed by atoms with Gasteiger partial charge in [-0.05, 0) is 77.4 Å². The molecule has 100 heavy (non-hydrogen) atoms. The number of rotatable bonds is 21. The van der Waals surface area contributed by atoms with Gasteiger partial charge in [0.15, 0.2) is 17.3 Å². The molecule has 0 aliphatic carbocycles. The van der Waals surface area contributed by atoms with Gasteiger partial charge in [0.2, 0.25) is 5.78 Å². The summed E-state index contributed by atoms with van der Waals surface area (Å²) in [6.45, 7) is 29.6. The van der Waals surface area contributed by atoms with Crippen LogP contribution >= 0.6 is 47.8 Å². The number of hydrogen-bond acceptors (Lipinski definition) is 19. The molecule has 0 aromatic carbocycles. The number of azide groups is 1. The normalized spacial score (nSPS) is 10.3. The number of aromatic nitrogens is 5. The summed E-state index contributed by atoms with van der Waals surface area (Å²) in [6.07, 6.45) is 12.8. The molecule has 0 atom stereocenters. The standard InChI is InChI=1S/C11H14BrNO3.C11H14N4O3.C10H12N2O3.C10H14N2O2.C9H11NO3.C5H6O2.C4H5NO.C2H4Br2.CH3F.K.N3.Na.H/c1-3-16-11(15)9-6-10(8(2)14)13(7-9)5-4-12;1-3-18-11(17)9-6-10(8(2)16)15(7-9)5-4-13-14-12;1-2-15-10(14)7-5-8-9(13)11-3-4-12(8)6-7;1-2-14-10(13)8-5-9-6-11-3-4-12(9)7-8;1-3-13-9(12)7-4-8(6(2)11)10-5-7;1-3-5(6)7-4-2;1-4(6)3-5-2;3-1-2-4;1-2;;1-3-2;;/h6-7H,3-5H2,1-2H3;6-7H,3-5H2,1-2H3;5-6H,2-4H2,1H3,(H,11,13);5,7,11H,2-4,6H2,1H3;4-5,10H,3H2,1-2H3;1H,4H2,2H3;3H2,1H3;1-2H2;1H3;;;;/q;;;;;;;;;+1;-1;+1;-1/i;;;;;;;;1D;;;;. The summed E-state index contributed by atoms with van der Waals surface area (Å²) in [4.78, 5) is 131. The average molecular weight is 1630 g/mol. The first-order valence-electron chi connectivity index (χ1n) is 30.2. The molecule has 0 spiro atoms. The van der Waals surface area contributed by atoms with Gasteiger partial charge in [-0.25, -0.2) is 35.3 Å². The van der Waals surface area contributed by atoms with Crippen LogP contribution in [0.1, 0.15) is 171 Å². The van der Waals surface area contributed by atoms with Gasteiger partial charge in [-0.2, -0.15) is 0 Å². The molecule has 37 heteroatoms. The van der Waals surface area contributed by atoms with Crippen molar-refractivity contribution in [3.05, 3.63) is 155 Å². The van der Waals surface area contributed by atoms with Crippen molar-refractivity contribution in [2.75, 3.05) is 89.0 Å². The minimum Gasteiger partial charge on any atom is -1.00 e. The molecular formula is C63H84Br3FKN14NaO17. The van der Waals surface area contributed by atoms with E-state index in [1.54, 1.807) is 78.8 Å². The fourth-order valence-electron chi connectivity index (χ4n) is 7.39. The van der Waals surface area contributed by atoms with Gasteiger partial charge >= 0.3 is 117 Å². The number of fused-ring (bicyclic) bond motifs is 2. The summed E-state index contributed by atoms with van der Waals surface area (Å²) < 4.78 is 51.3. The molecule has 0 radical (unpaired) electrons. The third kappa shape index (κ3) is 43.0. The number of nitrogens with zero attached hydrogens (tertiary/aromatic N) is 11. The van der Waals surface area contributed by atoms with Gasteiger partial charge in [0, 0.05) is 144 Å². The van der Waals surface area contributed by atoms with Crippen LogP contribution in [-0.4, -0.2) is 177 Å². The number of Topliss-reactive ketones (excluding diaryl/α,β-unsaturated/α-hetero) is 4. The topological polar surface area (TPSA) is 415 Å². The van der Waals surface area contributed by atoms with Gasteiger partial charge in [0.25, 0.3) is 12.5 Å². The second-order valence-electron chi connectivity index (χ2n) is 18.3. The zero-order valence-electron chi connectivity index (χ0n) is 60.2. The Bertz CT molecular complexity index is 3540. The molecule has 7 heterocycles. The van der Waals surface area contributed by atoms with E-state index in [0.29, 0.717) is 110 Å². The molecule has 0 fully saturated rings. The van der Waals surface area contributed by atoms with Crippen LogP contribution < -0.4 is 91.6 Å². The summed E-state index contributed by atoms with van der Waals surface area (Å²) in [7, 11) is -1.00. The molecule has 0 unspecified atom stereocenters. The molecule has 5 aromatic rings. The Hall–Kier alpha value is -6.99. The van der Waals surface area contributed by atoms with E-state index in [9.17, 15) is 57.1 Å². The Morgan fingerprint density at radius 1 is 0.650 bits per heavy atom. The largest absolute Gasteiger partial charge is 1.00 e. The third-order valence-corrected chi connectivity index (χ3v) is 13.5. The van der Waals surface area contributed by atoms with Crippen LogP contribution in [0.4, 0.5) is 4.39 Å². The molecule has 0 saturated carbocycles. The van der Waals surface area contributed by atoms with Gasteiger partial charge in [-0.3, -0.25) is 33.3 Å². The second kappa shape index (κ2) is 63.0. The molecule has 1 amide bonds. The van der Waals surface area contributed by atoms with Gasteiger partial charge in [0.1, 0.15) is 5.69 Å². The second-order valence-corrected chi connectivity index (χ2v) is 20.7. The van der Waals surface area contributed by atoms with Crippen molar-refractivity contribution in [2.45, 2.75) is 102 Å². The Morgan fingerprint density at radius 3 is 1.41 bits per heavy atom. The zero-order valence-corrected chi connectivity index (χ0v) is 68.0. The van der Waals surface area contributed by atoms with E-state index in [0.717, 1.165) is 41.3 Å². The van der Waals surface area contributed by atoms with E-state index in [1.807, 2.05) is 19.2 Å². The maximum Gasteiger partial charge on any atom is 1.00 e. The Morgan fingerprint density at radius 2 is 1.07 bits per heavy atom. The minimum atomic E-state index is -1.00. The monoisotopic (exact) mass is 1630 g/mol. The number of carbonyl (C=O) groups is 11. The first kappa shape index (κ1) is 99.4. The van der Waals surface area contributed by atoms with Gasteiger partial charge in [0.05, 0.1) is 93.1 Å². The number of ketones is 4. The average Bonchev–Trinajstić information content (AvgIpc) is 1.70. The first-order valence-corrected chi connectivity index (χ1v) is 32.9. The molecule has 31 nitrogen and oxygen atoms in total. The van der Waals surface area contributed by atoms with Crippen molar-refractivity contribution in [1.82, 2.24) is 33.9 Å². The van der Waals surface area contributed by atoms with E-state index < -0.39 is 31.0 Å². The Labute approximate surface area is 672 Å². The number of aromatic amines is 1. The molecule has 7 rings (SSSR count). The van der Waals surface area contributed by atoms with Gasteiger partial charge < -0.3 is 79.6 Å². The van der Waals surface area contributed by atoms with E-state index in [2.05, 4.69) is 94.0 Å². The molecule has 0 saturated heterocycles. The van der Waals surface area contributed by atoms with E-state index in [-0.39, 0.29) is 143 Å². The Balaban J connectivity index is -0.000000261. The number of ether oxygens (including phenoxy) is 6. The van der Waals surface area contributed by atoms with Crippen molar-refractivity contribution < 1.29 is 169 Å². The Kier molecular flexibility index (Phi) is 62.6. The molecule has 0 bridgehead atoms. The third-order valence-electron chi connectivity index (χ3n) is 11.3. The number of nitrogens with one attached hydrogen (secondary N) is 3. The van der Waals surface area contributed by atoms with Crippen molar-refractivity contribution in [3.63, 3.8) is 0 Å². The van der Waals surface area contributed by atoms with Crippen LogP contribution in [0.2, 0.25) is 0 Å². The first-order chi connectivity index (χ1) is 47.2. The van der Waals surface area contributed by atoms with Crippen LogP contribution in [0.15, 0.2) is 66.4 Å². The molecule has 538 valence electrons. The fraction of sp³-hybridized carbons (Fsp3) is 0.460. The number of aryl methyl sites for hydroxylation is 1. The van der Waals surface area contributed by atoms with Crippen LogP contribution in [0.3, 0.4) is 0 Å². The van der Waals surface area contributed by atoms with E-state index >= 15 is 0 Å². The molecule has 5 aromatic heterocycles. The summed E-state index contributed by atoms with van der Waals surface area (Å²) in [5, 5.41) is 12.2. The number of amides is 1. The van der Waals surface area contributed by atoms with Crippen molar-refractivity contribution >= 4 is 113 Å². The van der Waals surface area contributed by atoms with Crippen LogP contribution in [0, 0.1) is 18.9 Å². The van der Waals surface area contributed by atoms with Gasteiger partial charge in [-0.1, -0.05) is 52.9 Å². The maximum absolute atomic E-state index is 11.5. The summed E-state index contributed by atoms with van der Waals surface area (Å²) in [5.74, 6) is -1.20. The molecular weight excluding hydrogens is 1550 g/mol. The predicted octanol–water partition coefficient (Wildman–Crippen LogP) is 5.04. The summed E-state index contributed by atoms with van der Waals surface area (Å²) in [5.41, 5.74) is 26.9. The van der Waals surface area contributed by atoms with Crippen molar-refractivity contribution in [2.24, 2.45) is 5.11 Å². The zero-order chi connectivity index (χ0) is 75.8. The molecule has 2 aliphatic heterocycles. The number of alkyl halides is 4. The SMILES string of the molecule is BrCCBr.C#CC(=O)OCC.CCOC(=O)c1c[nH]c(C(C)=O)c1.CCOC(=O)c1cc(C(C)=O)n(CCBr)c1.CCOC(=O)c1cc(C(C)=O)n(CCN=[N+]=[N-])c1.CCOC(=O)c1cc2n(c1)CCNC2.CCOC(=O)c1cc2n(c1)CCNC2=O.[2H]CF.[C-]#[N+]CC(C)=O.[H-].[K+].[N-]=[N+]=[N-].[Na+]. The number of hydrogen-bond donors (Lipinski definition) is 3. The van der Waals surface area contributed by atoms with Crippen LogP contribution in [0.25, 0.3) is 31.3 Å². The maximum atomic E-state index is 11.5. The quantitative estimate of drug-likeness (QED) is 0.00740. The predicted molar refractivity (Wildman–Crippen MR) is 374 cm³/mol. The number of halogens is 4. The van der Waals surface area contributed by atoms with Gasteiger partial charge in [-0.15, -0.1) is 6.42 Å². The van der Waals surface area contributed by atoms with E-state index in [4.69, 9.17) is 48.2 Å². The van der Waals surface area contributed by atoms with E-state index in [1.165, 1.54) is 57.1 Å². The van der Waals surface area contributed by atoms with Crippen LogP contribution in [0.5, 0.6) is 0 Å². The summed E-state index contributed by atoms with van der Waals surface area (Å²) in [6, 6.07) is 8.00. The number of terminal acetylenes is 1. The minimum absolute atomic E-state index is 0. The van der Waals surface area contributed by atoms with Crippen LogP contribution in [-0.2, 0) is 70.7 Å². The smallest absolute Gasteiger partial charge is 1.00 e. The fourth-order valence-corrected chi connectivity index (χ4v) is 7.77.